The molecule has 5 heteroatoms. The van der Waals surface area contributed by atoms with Gasteiger partial charge in [-0.1, -0.05) is 24.3 Å². The van der Waals surface area contributed by atoms with E-state index in [4.69, 9.17) is 11.6 Å². The number of rotatable bonds is 1. The number of nitrogens with zero attached hydrogens (tertiary/aromatic N) is 1. The van der Waals surface area contributed by atoms with Crippen molar-refractivity contribution in [3.63, 3.8) is 0 Å². The van der Waals surface area contributed by atoms with Gasteiger partial charge in [0.2, 0.25) is 5.91 Å². The maximum absolute atomic E-state index is 14.1. The molecule has 2 unspecified atom stereocenters. The zero-order chi connectivity index (χ0) is 15.0. The molecule has 0 fully saturated rings. The van der Waals surface area contributed by atoms with Gasteiger partial charge >= 0.3 is 0 Å². The molecule has 1 heterocycles. The number of halogens is 2. The molecule has 110 valence electrons. The molecule has 0 saturated carbocycles. The van der Waals surface area contributed by atoms with Crippen LogP contribution in [0, 0.1) is 5.82 Å². The zero-order valence-corrected chi connectivity index (χ0v) is 12.4. The second kappa shape index (κ2) is 5.62. The van der Waals surface area contributed by atoms with Gasteiger partial charge in [-0.25, -0.2) is 4.39 Å². The number of likely N-dealkylation sites (N-methyl/N-ethyl adjacent to an activating group) is 1. The van der Waals surface area contributed by atoms with E-state index < -0.39 is 0 Å². The largest absolute Gasteiger partial charge is 0.314 e. The van der Waals surface area contributed by atoms with Gasteiger partial charge in [-0.15, -0.1) is 11.6 Å². The topological polar surface area (TPSA) is 32.3 Å². The van der Waals surface area contributed by atoms with Crippen molar-refractivity contribution >= 4 is 17.5 Å². The molecule has 1 amide bonds. The van der Waals surface area contributed by atoms with Crippen molar-refractivity contribution in [3.8, 4) is 0 Å². The van der Waals surface area contributed by atoms with Gasteiger partial charge in [0.1, 0.15) is 5.82 Å². The Hall–Kier alpha value is -1.65. The van der Waals surface area contributed by atoms with E-state index in [9.17, 15) is 9.18 Å². The Morgan fingerprint density at radius 3 is 2.90 bits per heavy atom. The molecule has 3 nitrogen and oxygen atoms in total. The number of carbonyl (C=O) groups is 1. The van der Waals surface area contributed by atoms with Crippen LogP contribution in [0.4, 0.5) is 4.39 Å². The van der Waals surface area contributed by atoms with Crippen molar-refractivity contribution in [1.82, 2.24) is 10.2 Å². The molecule has 0 saturated heterocycles. The number of carbonyl (C=O) groups excluding carboxylic acids is 1. The van der Waals surface area contributed by atoms with Crippen LogP contribution in [0.15, 0.2) is 47.7 Å². The Kier molecular flexibility index (Phi) is 3.83. The van der Waals surface area contributed by atoms with E-state index in [0.717, 1.165) is 11.3 Å². The Bertz CT molecular complexity index is 641. The Balaban J connectivity index is 2.11. The third kappa shape index (κ3) is 2.61. The van der Waals surface area contributed by atoms with Crippen molar-refractivity contribution in [1.29, 1.82) is 0 Å². The minimum atomic E-state index is -0.332. The van der Waals surface area contributed by atoms with Crippen LogP contribution in [-0.2, 0) is 4.79 Å². The highest BCUT2D eigenvalue weighted by Gasteiger charge is 2.31. The van der Waals surface area contributed by atoms with E-state index in [-0.39, 0.29) is 29.7 Å². The predicted octanol–water partition coefficient (Wildman–Crippen LogP) is 2.75. The molecule has 3 rings (SSSR count). The lowest BCUT2D eigenvalue weighted by Gasteiger charge is -2.27. The average Bonchev–Trinajstić information content (AvgIpc) is 2.59. The second-order valence-corrected chi connectivity index (χ2v) is 5.84. The second-order valence-electron chi connectivity index (χ2n) is 5.28. The summed E-state index contributed by atoms with van der Waals surface area (Å²) in [6.45, 7) is 0.170. The lowest BCUT2D eigenvalue weighted by Crippen LogP contribution is -2.32. The van der Waals surface area contributed by atoms with Gasteiger partial charge in [-0.05, 0) is 24.1 Å². The van der Waals surface area contributed by atoms with Gasteiger partial charge < -0.3 is 4.90 Å². The number of benzene rings is 1. The molecular formula is C16H16ClFN2O. The summed E-state index contributed by atoms with van der Waals surface area (Å²) in [6, 6.07) is 6.31. The molecule has 1 aliphatic carbocycles. The van der Waals surface area contributed by atoms with Gasteiger partial charge in [0.15, 0.2) is 0 Å². The van der Waals surface area contributed by atoms with Crippen molar-refractivity contribution in [2.75, 3.05) is 13.6 Å². The highest BCUT2D eigenvalue weighted by atomic mass is 35.5. The van der Waals surface area contributed by atoms with Crippen LogP contribution in [0.3, 0.4) is 0 Å². The fourth-order valence-electron chi connectivity index (χ4n) is 2.85. The zero-order valence-electron chi connectivity index (χ0n) is 11.6. The quantitative estimate of drug-likeness (QED) is 0.809. The van der Waals surface area contributed by atoms with Crippen LogP contribution in [0.25, 0.3) is 0 Å². The molecule has 0 bridgehead atoms. The summed E-state index contributed by atoms with van der Waals surface area (Å²) in [7, 11) is 1.74. The Morgan fingerprint density at radius 2 is 2.14 bits per heavy atom. The van der Waals surface area contributed by atoms with E-state index in [1.54, 1.807) is 30.1 Å². The minimum absolute atomic E-state index is 0.0426. The van der Waals surface area contributed by atoms with Crippen molar-refractivity contribution < 1.29 is 9.18 Å². The minimum Gasteiger partial charge on any atom is -0.314 e. The van der Waals surface area contributed by atoms with Crippen LogP contribution in [-0.4, -0.2) is 29.8 Å². The Morgan fingerprint density at radius 1 is 1.38 bits per heavy atom. The molecule has 0 spiro atoms. The highest BCUT2D eigenvalue weighted by Crippen LogP contribution is 2.36. The van der Waals surface area contributed by atoms with Crippen LogP contribution >= 0.6 is 11.6 Å². The summed E-state index contributed by atoms with van der Waals surface area (Å²) in [5.41, 5.74) is 2.32. The van der Waals surface area contributed by atoms with Crippen molar-refractivity contribution in [3.05, 3.63) is 59.1 Å². The molecular weight excluding hydrogens is 291 g/mol. The van der Waals surface area contributed by atoms with E-state index in [2.05, 4.69) is 5.32 Å². The number of allylic oxidation sites excluding steroid dienone is 2. The molecule has 1 aliphatic heterocycles. The van der Waals surface area contributed by atoms with Gasteiger partial charge in [0, 0.05) is 18.3 Å². The summed E-state index contributed by atoms with van der Waals surface area (Å²) < 4.78 is 14.1. The first-order valence-corrected chi connectivity index (χ1v) is 7.31. The third-order valence-corrected chi connectivity index (χ3v) is 4.26. The number of nitrogens with one attached hydrogen (secondary N) is 1. The van der Waals surface area contributed by atoms with Crippen molar-refractivity contribution in [2.24, 2.45) is 0 Å². The molecule has 2 aliphatic rings. The van der Waals surface area contributed by atoms with Gasteiger partial charge in [0.05, 0.1) is 18.0 Å². The summed E-state index contributed by atoms with van der Waals surface area (Å²) in [6.07, 6.45) is 4.32. The maximum Gasteiger partial charge on any atom is 0.240 e. The summed E-state index contributed by atoms with van der Waals surface area (Å²) >= 11 is 6.22. The summed E-state index contributed by atoms with van der Waals surface area (Å²) in [5.74, 6) is -0.321. The molecule has 1 aromatic rings. The lowest BCUT2D eigenvalue weighted by atomic mass is 9.90. The lowest BCUT2D eigenvalue weighted by molar-refractivity contribution is -0.126. The number of hydrogen-bond donors (Lipinski definition) is 1. The van der Waals surface area contributed by atoms with E-state index in [1.807, 2.05) is 12.2 Å². The van der Waals surface area contributed by atoms with E-state index in [1.165, 1.54) is 6.07 Å². The normalized spacial score (nSPS) is 25.9. The average molecular weight is 307 g/mol. The smallest absolute Gasteiger partial charge is 0.240 e. The van der Waals surface area contributed by atoms with Crippen LogP contribution in [0.1, 0.15) is 18.0 Å². The van der Waals surface area contributed by atoms with Gasteiger partial charge in [0.25, 0.3) is 0 Å². The maximum atomic E-state index is 14.1. The van der Waals surface area contributed by atoms with Gasteiger partial charge in [-0.2, -0.15) is 0 Å². The van der Waals surface area contributed by atoms with E-state index in [0.29, 0.717) is 12.0 Å². The van der Waals surface area contributed by atoms with Gasteiger partial charge in [-0.3, -0.25) is 10.1 Å². The predicted molar refractivity (Wildman–Crippen MR) is 80.3 cm³/mol. The highest BCUT2D eigenvalue weighted by molar-refractivity contribution is 6.22. The molecule has 2 atom stereocenters. The molecule has 0 aromatic heterocycles. The molecule has 1 N–H and O–H groups in total. The van der Waals surface area contributed by atoms with E-state index >= 15 is 0 Å². The first-order valence-electron chi connectivity index (χ1n) is 6.87. The number of alkyl halides is 1. The molecule has 1 aromatic carbocycles. The SMILES string of the molecule is CN1C(=O)CNC(c2ccccc2F)C2=C1C=CC(Cl)C2. The fourth-order valence-corrected chi connectivity index (χ4v) is 3.09. The monoisotopic (exact) mass is 306 g/mol. The fraction of sp³-hybridized carbons (Fsp3) is 0.312. The van der Waals surface area contributed by atoms with Crippen molar-refractivity contribution in [2.45, 2.75) is 17.8 Å². The van der Waals surface area contributed by atoms with Crippen LogP contribution < -0.4 is 5.32 Å². The Labute approximate surface area is 128 Å². The molecule has 21 heavy (non-hydrogen) atoms. The standard InChI is InChI=1S/C16H16ClFN2O/c1-20-14-7-6-10(17)8-12(14)16(19-9-15(20)21)11-4-2-3-5-13(11)18/h2-7,10,16,19H,8-9H2,1H3. The first-order chi connectivity index (χ1) is 10.1. The third-order valence-electron chi connectivity index (χ3n) is 3.96. The number of amides is 1. The molecule has 0 radical (unpaired) electrons. The summed E-state index contributed by atoms with van der Waals surface area (Å²) in [4.78, 5) is 13.7. The first kappa shape index (κ1) is 14.3. The van der Waals surface area contributed by atoms with Crippen LogP contribution in [0.2, 0.25) is 0 Å². The van der Waals surface area contributed by atoms with Crippen LogP contribution in [0.5, 0.6) is 0 Å². The number of hydrogen-bond acceptors (Lipinski definition) is 2. The summed E-state index contributed by atoms with van der Waals surface area (Å²) in [5, 5.41) is 3.02.